The zero-order valence-electron chi connectivity index (χ0n) is 15.4. The average molecular weight is 328 g/mol. The largest absolute Gasteiger partial charge is 0.381 e. The number of hydrogen-bond acceptors (Lipinski definition) is 3. The molecule has 1 aliphatic rings. The number of rotatable bonds is 12. The predicted molar refractivity (Wildman–Crippen MR) is 97.0 cm³/mol. The minimum atomic E-state index is 0.600. The summed E-state index contributed by atoms with van der Waals surface area (Å²) in [5.74, 6) is 2.33. The average Bonchev–Trinajstić information content (AvgIpc) is 3.03. The second-order valence-corrected chi connectivity index (χ2v) is 6.74. The Morgan fingerprint density at radius 1 is 1.26 bits per heavy atom. The SMILES string of the molecule is CCNC(=NCCCOCC1CCOC1)NCCCCC(C)C. The normalized spacial score (nSPS) is 18.6. The third-order valence-electron chi connectivity index (χ3n) is 3.94. The highest BCUT2D eigenvalue weighted by Gasteiger charge is 2.15. The topological polar surface area (TPSA) is 54.9 Å². The summed E-state index contributed by atoms with van der Waals surface area (Å²) in [5.41, 5.74) is 0. The molecule has 0 radical (unpaired) electrons. The zero-order chi connectivity index (χ0) is 16.8. The first-order chi connectivity index (χ1) is 11.2. The van der Waals surface area contributed by atoms with E-state index >= 15 is 0 Å². The molecule has 5 heteroatoms. The van der Waals surface area contributed by atoms with Crippen LogP contribution in [0.4, 0.5) is 0 Å². The molecule has 1 saturated heterocycles. The van der Waals surface area contributed by atoms with E-state index in [0.717, 1.165) is 70.8 Å². The van der Waals surface area contributed by atoms with Gasteiger partial charge in [-0.05, 0) is 32.1 Å². The van der Waals surface area contributed by atoms with Crippen LogP contribution in [0, 0.1) is 11.8 Å². The summed E-state index contributed by atoms with van der Waals surface area (Å²) >= 11 is 0. The molecule has 1 heterocycles. The lowest BCUT2D eigenvalue weighted by Gasteiger charge is -2.12. The summed E-state index contributed by atoms with van der Waals surface area (Å²) < 4.78 is 11.0. The van der Waals surface area contributed by atoms with E-state index in [1.807, 2.05) is 0 Å². The van der Waals surface area contributed by atoms with Gasteiger partial charge in [0.2, 0.25) is 0 Å². The van der Waals surface area contributed by atoms with Gasteiger partial charge in [0.25, 0.3) is 0 Å². The van der Waals surface area contributed by atoms with Gasteiger partial charge in [0.15, 0.2) is 5.96 Å². The summed E-state index contributed by atoms with van der Waals surface area (Å²) in [5, 5.41) is 6.71. The molecule has 1 fully saturated rings. The maximum absolute atomic E-state index is 5.70. The maximum atomic E-state index is 5.70. The highest BCUT2D eigenvalue weighted by Crippen LogP contribution is 2.12. The third-order valence-corrected chi connectivity index (χ3v) is 3.94. The summed E-state index contributed by atoms with van der Waals surface area (Å²) in [6.07, 6.45) is 5.90. The number of unbranched alkanes of at least 4 members (excludes halogenated alkanes) is 1. The first-order valence-electron chi connectivity index (χ1n) is 9.40. The Hall–Kier alpha value is -0.810. The van der Waals surface area contributed by atoms with Crippen LogP contribution in [0.15, 0.2) is 4.99 Å². The second kappa shape index (κ2) is 13.6. The van der Waals surface area contributed by atoms with Gasteiger partial charge >= 0.3 is 0 Å². The lowest BCUT2D eigenvalue weighted by atomic mass is 10.1. The van der Waals surface area contributed by atoms with Crippen molar-refractivity contribution in [2.24, 2.45) is 16.8 Å². The molecule has 5 nitrogen and oxygen atoms in total. The Kier molecular flexibility index (Phi) is 12.0. The van der Waals surface area contributed by atoms with E-state index in [4.69, 9.17) is 9.47 Å². The van der Waals surface area contributed by atoms with E-state index < -0.39 is 0 Å². The molecule has 0 spiro atoms. The predicted octanol–water partition coefficient (Wildman–Crippen LogP) is 2.81. The highest BCUT2D eigenvalue weighted by atomic mass is 16.5. The molecule has 0 saturated carbocycles. The second-order valence-electron chi connectivity index (χ2n) is 6.74. The van der Waals surface area contributed by atoms with Crippen LogP contribution in [0.25, 0.3) is 0 Å². The summed E-state index contributed by atoms with van der Waals surface area (Å²) in [4.78, 5) is 4.61. The molecule has 1 atom stereocenters. The molecule has 0 aromatic heterocycles. The number of aliphatic imine (C=N–C) groups is 1. The molecule has 0 aliphatic carbocycles. The number of nitrogens with zero attached hydrogens (tertiary/aromatic N) is 1. The zero-order valence-corrected chi connectivity index (χ0v) is 15.4. The highest BCUT2D eigenvalue weighted by molar-refractivity contribution is 5.79. The van der Waals surface area contributed by atoms with Gasteiger partial charge < -0.3 is 20.1 Å². The van der Waals surface area contributed by atoms with Gasteiger partial charge in [-0.3, -0.25) is 4.99 Å². The molecule has 0 aromatic carbocycles. The van der Waals surface area contributed by atoms with Crippen molar-refractivity contribution >= 4 is 5.96 Å². The van der Waals surface area contributed by atoms with Crippen LogP contribution >= 0.6 is 0 Å². The van der Waals surface area contributed by atoms with Gasteiger partial charge in [0.05, 0.1) is 13.2 Å². The quantitative estimate of drug-likeness (QED) is 0.329. The van der Waals surface area contributed by atoms with Crippen LogP contribution in [-0.4, -0.2) is 52.0 Å². The van der Waals surface area contributed by atoms with E-state index in [1.165, 1.54) is 19.3 Å². The van der Waals surface area contributed by atoms with Gasteiger partial charge in [0.1, 0.15) is 0 Å². The smallest absolute Gasteiger partial charge is 0.191 e. The molecule has 23 heavy (non-hydrogen) atoms. The Morgan fingerprint density at radius 2 is 2.13 bits per heavy atom. The molecule has 2 N–H and O–H groups in total. The summed E-state index contributed by atoms with van der Waals surface area (Å²) in [7, 11) is 0. The monoisotopic (exact) mass is 327 g/mol. The molecule has 1 aliphatic heterocycles. The summed E-state index contributed by atoms with van der Waals surface area (Å²) in [6.45, 7) is 12.7. The van der Waals surface area contributed by atoms with Gasteiger partial charge in [0, 0.05) is 38.8 Å². The molecule has 0 amide bonds. The van der Waals surface area contributed by atoms with E-state index in [0.29, 0.717) is 5.92 Å². The number of ether oxygens (including phenoxy) is 2. The van der Waals surface area contributed by atoms with E-state index in [9.17, 15) is 0 Å². The van der Waals surface area contributed by atoms with Gasteiger partial charge in [-0.1, -0.05) is 26.7 Å². The van der Waals surface area contributed by atoms with E-state index in [-0.39, 0.29) is 0 Å². The van der Waals surface area contributed by atoms with Crippen LogP contribution in [0.5, 0.6) is 0 Å². The fourth-order valence-corrected chi connectivity index (χ4v) is 2.55. The molecule has 136 valence electrons. The molecular weight excluding hydrogens is 290 g/mol. The first kappa shape index (κ1) is 20.2. The fraction of sp³-hybridized carbons (Fsp3) is 0.944. The van der Waals surface area contributed by atoms with E-state index in [2.05, 4.69) is 36.4 Å². The minimum Gasteiger partial charge on any atom is -0.381 e. The van der Waals surface area contributed by atoms with Crippen LogP contribution in [0.3, 0.4) is 0 Å². The lowest BCUT2D eigenvalue weighted by Crippen LogP contribution is -2.37. The van der Waals surface area contributed by atoms with Gasteiger partial charge in [-0.25, -0.2) is 0 Å². The summed E-state index contributed by atoms with van der Waals surface area (Å²) in [6, 6.07) is 0. The van der Waals surface area contributed by atoms with Crippen LogP contribution in [0.1, 0.15) is 52.9 Å². The van der Waals surface area contributed by atoms with Crippen molar-refractivity contribution in [2.75, 3.05) is 46.1 Å². The Bertz CT molecular complexity index is 303. The number of hydrogen-bond donors (Lipinski definition) is 2. The Balaban J connectivity index is 2.03. The van der Waals surface area contributed by atoms with Crippen LogP contribution in [0.2, 0.25) is 0 Å². The van der Waals surface area contributed by atoms with Crippen molar-refractivity contribution in [2.45, 2.75) is 52.9 Å². The van der Waals surface area contributed by atoms with Gasteiger partial charge in [-0.2, -0.15) is 0 Å². The van der Waals surface area contributed by atoms with Crippen LogP contribution < -0.4 is 10.6 Å². The number of nitrogens with one attached hydrogen (secondary N) is 2. The standard InChI is InChI=1S/C18H37N3O2/c1-4-19-18(20-10-6-5-8-16(2)3)21-11-7-12-22-14-17-9-13-23-15-17/h16-17H,4-15H2,1-3H3,(H2,19,20,21). The van der Waals surface area contributed by atoms with Crippen molar-refractivity contribution in [3.63, 3.8) is 0 Å². The van der Waals surface area contributed by atoms with Crippen molar-refractivity contribution < 1.29 is 9.47 Å². The van der Waals surface area contributed by atoms with Gasteiger partial charge in [-0.15, -0.1) is 0 Å². The van der Waals surface area contributed by atoms with Crippen molar-refractivity contribution in [1.29, 1.82) is 0 Å². The fourth-order valence-electron chi connectivity index (χ4n) is 2.55. The first-order valence-corrected chi connectivity index (χ1v) is 9.40. The Morgan fingerprint density at radius 3 is 2.83 bits per heavy atom. The van der Waals surface area contributed by atoms with Crippen LogP contribution in [-0.2, 0) is 9.47 Å². The number of guanidine groups is 1. The van der Waals surface area contributed by atoms with Crippen molar-refractivity contribution in [1.82, 2.24) is 10.6 Å². The van der Waals surface area contributed by atoms with Crippen molar-refractivity contribution in [3.05, 3.63) is 0 Å². The Labute approximate surface area is 142 Å². The minimum absolute atomic E-state index is 0.600. The third kappa shape index (κ3) is 11.4. The molecule has 0 aromatic rings. The lowest BCUT2D eigenvalue weighted by molar-refractivity contribution is 0.0893. The van der Waals surface area contributed by atoms with E-state index in [1.54, 1.807) is 0 Å². The molecular formula is C18H37N3O2. The molecule has 0 bridgehead atoms. The maximum Gasteiger partial charge on any atom is 0.191 e. The van der Waals surface area contributed by atoms with Crippen molar-refractivity contribution in [3.8, 4) is 0 Å². The molecule has 1 rings (SSSR count). The molecule has 1 unspecified atom stereocenters.